The summed E-state index contributed by atoms with van der Waals surface area (Å²) >= 11 is 1.34. The zero-order valence-corrected chi connectivity index (χ0v) is 15.6. The quantitative estimate of drug-likeness (QED) is 0.650. The van der Waals surface area contributed by atoms with Crippen LogP contribution in [-0.4, -0.2) is 37.9 Å². The molecule has 0 spiro atoms. The van der Waals surface area contributed by atoms with Crippen LogP contribution in [-0.2, 0) is 4.79 Å². The molecule has 0 radical (unpaired) electrons. The second-order valence-corrected chi connectivity index (χ2v) is 7.33. The van der Waals surface area contributed by atoms with E-state index in [0.29, 0.717) is 11.7 Å². The number of tetrazole rings is 1. The van der Waals surface area contributed by atoms with E-state index in [1.165, 1.54) is 17.3 Å². The van der Waals surface area contributed by atoms with Crippen molar-refractivity contribution in [3.05, 3.63) is 66.2 Å². The van der Waals surface area contributed by atoms with Crippen LogP contribution in [0.1, 0.15) is 25.3 Å². The van der Waals surface area contributed by atoms with E-state index < -0.39 is 0 Å². The summed E-state index contributed by atoms with van der Waals surface area (Å²) in [5, 5.41) is 15.1. The molecule has 2 aromatic carbocycles. The number of aromatic nitrogens is 4. The first kappa shape index (κ1) is 18.1. The molecule has 1 amide bonds. The molecule has 6 nitrogen and oxygen atoms in total. The van der Waals surface area contributed by atoms with Crippen molar-refractivity contribution in [1.29, 1.82) is 0 Å². The standard InChI is InChI=1S/C19H21N5OS/c1-14(16-9-5-3-6-10-16)13-20-18(25)15(2)26-19-21-22-23-24(19)17-11-7-4-8-12-17/h3-12,14-15H,13H2,1-2H3,(H,20,25). The molecule has 0 saturated heterocycles. The van der Waals surface area contributed by atoms with E-state index in [2.05, 4.69) is 39.9 Å². The molecule has 0 aliphatic heterocycles. The topological polar surface area (TPSA) is 72.7 Å². The maximum atomic E-state index is 12.4. The van der Waals surface area contributed by atoms with E-state index in [4.69, 9.17) is 0 Å². The smallest absolute Gasteiger partial charge is 0.233 e. The maximum Gasteiger partial charge on any atom is 0.233 e. The van der Waals surface area contributed by atoms with Gasteiger partial charge in [0.05, 0.1) is 10.9 Å². The van der Waals surface area contributed by atoms with Crippen LogP contribution in [0.4, 0.5) is 0 Å². The molecule has 1 heterocycles. The Morgan fingerprint density at radius 3 is 2.42 bits per heavy atom. The van der Waals surface area contributed by atoms with Crippen molar-refractivity contribution in [2.24, 2.45) is 0 Å². The van der Waals surface area contributed by atoms with Gasteiger partial charge in [-0.2, -0.15) is 4.68 Å². The maximum absolute atomic E-state index is 12.4. The van der Waals surface area contributed by atoms with Crippen LogP contribution in [0.25, 0.3) is 5.69 Å². The molecule has 0 aliphatic rings. The predicted octanol–water partition coefficient (Wildman–Crippen LogP) is 3.06. The van der Waals surface area contributed by atoms with Gasteiger partial charge in [0, 0.05) is 6.54 Å². The Hall–Kier alpha value is -2.67. The molecule has 0 saturated carbocycles. The van der Waals surface area contributed by atoms with Gasteiger partial charge < -0.3 is 5.32 Å². The molecule has 0 bridgehead atoms. The number of benzene rings is 2. The Bertz CT molecular complexity index is 837. The van der Waals surface area contributed by atoms with Gasteiger partial charge in [-0.3, -0.25) is 4.79 Å². The van der Waals surface area contributed by atoms with Gasteiger partial charge in [-0.25, -0.2) is 0 Å². The summed E-state index contributed by atoms with van der Waals surface area (Å²) in [7, 11) is 0. The fourth-order valence-corrected chi connectivity index (χ4v) is 3.32. The van der Waals surface area contributed by atoms with Crippen molar-refractivity contribution in [3.8, 4) is 5.69 Å². The van der Waals surface area contributed by atoms with Crippen LogP contribution in [0.15, 0.2) is 65.8 Å². The van der Waals surface area contributed by atoms with Crippen LogP contribution < -0.4 is 5.32 Å². The first-order valence-electron chi connectivity index (χ1n) is 8.48. The van der Waals surface area contributed by atoms with E-state index in [9.17, 15) is 4.79 Å². The molecule has 0 fully saturated rings. The van der Waals surface area contributed by atoms with Gasteiger partial charge in [-0.1, -0.05) is 67.2 Å². The van der Waals surface area contributed by atoms with Gasteiger partial charge in [0.1, 0.15) is 0 Å². The third-order valence-electron chi connectivity index (χ3n) is 4.04. The largest absolute Gasteiger partial charge is 0.355 e. The molecule has 0 aliphatic carbocycles. The van der Waals surface area contributed by atoms with Gasteiger partial charge in [-0.05, 0) is 41.0 Å². The molecule has 7 heteroatoms. The van der Waals surface area contributed by atoms with Crippen molar-refractivity contribution in [2.45, 2.75) is 30.2 Å². The second-order valence-electron chi connectivity index (χ2n) is 6.03. The number of nitrogens with zero attached hydrogens (tertiary/aromatic N) is 4. The zero-order chi connectivity index (χ0) is 18.4. The molecule has 3 rings (SSSR count). The number of hydrogen-bond donors (Lipinski definition) is 1. The lowest BCUT2D eigenvalue weighted by atomic mass is 10.0. The number of hydrogen-bond acceptors (Lipinski definition) is 5. The number of carbonyl (C=O) groups is 1. The lowest BCUT2D eigenvalue weighted by Gasteiger charge is -2.15. The van der Waals surface area contributed by atoms with E-state index in [1.807, 2.05) is 55.5 Å². The van der Waals surface area contributed by atoms with Crippen molar-refractivity contribution in [1.82, 2.24) is 25.5 Å². The summed E-state index contributed by atoms with van der Waals surface area (Å²) < 4.78 is 1.64. The fourth-order valence-electron chi connectivity index (χ4n) is 2.49. The van der Waals surface area contributed by atoms with Crippen molar-refractivity contribution in [2.75, 3.05) is 6.54 Å². The lowest BCUT2D eigenvalue weighted by Crippen LogP contribution is -2.33. The summed E-state index contributed by atoms with van der Waals surface area (Å²) in [6.07, 6.45) is 0. The molecular weight excluding hydrogens is 346 g/mol. The number of carbonyl (C=O) groups excluding carboxylic acids is 1. The normalized spacial score (nSPS) is 13.2. The minimum Gasteiger partial charge on any atom is -0.355 e. The summed E-state index contributed by atoms with van der Waals surface area (Å²) in [6.45, 7) is 4.55. The Kier molecular flexibility index (Phi) is 6.01. The Morgan fingerprint density at radius 1 is 1.08 bits per heavy atom. The minimum atomic E-state index is -0.300. The van der Waals surface area contributed by atoms with Crippen LogP contribution in [0.5, 0.6) is 0 Å². The number of rotatable bonds is 7. The molecule has 134 valence electrons. The van der Waals surface area contributed by atoms with E-state index >= 15 is 0 Å². The SMILES string of the molecule is CC(Sc1nnnn1-c1ccccc1)C(=O)NCC(C)c1ccccc1. The Balaban J connectivity index is 1.58. The average Bonchev–Trinajstić information content (AvgIpc) is 3.15. The molecular formula is C19H21N5OS. The van der Waals surface area contributed by atoms with Crippen molar-refractivity contribution in [3.63, 3.8) is 0 Å². The van der Waals surface area contributed by atoms with Gasteiger partial charge in [0.25, 0.3) is 0 Å². The highest BCUT2D eigenvalue weighted by Crippen LogP contribution is 2.23. The number of amides is 1. The highest BCUT2D eigenvalue weighted by atomic mass is 32.2. The first-order chi connectivity index (χ1) is 12.6. The molecule has 2 unspecified atom stereocenters. The first-order valence-corrected chi connectivity index (χ1v) is 9.36. The molecule has 3 aromatic rings. The van der Waals surface area contributed by atoms with Crippen LogP contribution in [0, 0.1) is 0 Å². The fraction of sp³-hybridized carbons (Fsp3) is 0.263. The highest BCUT2D eigenvalue weighted by molar-refractivity contribution is 8.00. The molecule has 1 aromatic heterocycles. The molecule has 1 N–H and O–H groups in total. The highest BCUT2D eigenvalue weighted by Gasteiger charge is 2.19. The van der Waals surface area contributed by atoms with Crippen LogP contribution in [0.3, 0.4) is 0 Å². The number of para-hydroxylation sites is 1. The third kappa shape index (κ3) is 4.49. The van der Waals surface area contributed by atoms with Gasteiger partial charge in [-0.15, -0.1) is 5.10 Å². The number of thioether (sulfide) groups is 1. The van der Waals surface area contributed by atoms with Crippen molar-refractivity contribution >= 4 is 17.7 Å². The van der Waals surface area contributed by atoms with Crippen LogP contribution >= 0.6 is 11.8 Å². The summed E-state index contributed by atoms with van der Waals surface area (Å²) in [4.78, 5) is 12.4. The second kappa shape index (κ2) is 8.62. The lowest BCUT2D eigenvalue weighted by molar-refractivity contribution is -0.120. The number of nitrogens with one attached hydrogen (secondary N) is 1. The Labute approximate surface area is 157 Å². The summed E-state index contributed by atoms with van der Waals surface area (Å²) in [6, 6.07) is 19.8. The monoisotopic (exact) mass is 367 g/mol. The summed E-state index contributed by atoms with van der Waals surface area (Å²) in [5.74, 6) is 0.229. The third-order valence-corrected chi connectivity index (χ3v) is 5.08. The van der Waals surface area contributed by atoms with E-state index in [0.717, 1.165) is 5.69 Å². The minimum absolute atomic E-state index is 0.0274. The van der Waals surface area contributed by atoms with E-state index in [-0.39, 0.29) is 17.1 Å². The van der Waals surface area contributed by atoms with Crippen LogP contribution in [0.2, 0.25) is 0 Å². The predicted molar refractivity (Wildman–Crippen MR) is 102 cm³/mol. The zero-order valence-electron chi connectivity index (χ0n) is 14.7. The summed E-state index contributed by atoms with van der Waals surface area (Å²) in [5.41, 5.74) is 2.08. The van der Waals surface area contributed by atoms with Gasteiger partial charge in [0.2, 0.25) is 11.1 Å². The molecule has 26 heavy (non-hydrogen) atoms. The van der Waals surface area contributed by atoms with Crippen molar-refractivity contribution < 1.29 is 4.79 Å². The molecule has 2 atom stereocenters. The Morgan fingerprint density at radius 2 is 1.73 bits per heavy atom. The average molecular weight is 367 g/mol. The van der Waals surface area contributed by atoms with E-state index in [1.54, 1.807) is 4.68 Å². The van der Waals surface area contributed by atoms with Gasteiger partial charge in [0.15, 0.2) is 0 Å². The van der Waals surface area contributed by atoms with Gasteiger partial charge >= 0.3 is 0 Å².